The Balaban J connectivity index is 2.01. The first kappa shape index (κ1) is 18.1. The molecule has 1 aliphatic rings. The third-order valence-electron chi connectivity index (χ3n) is 2.95. The molecule has 2 rings (SSSR count). The lowest BCUT2D eigenvalue weighted by molar-refractivity contribution is -0.124. The number of ether oxygens (including phenoxy) is 1. The van der Waals surface area contributed by atoms with Gasteiger partial charge in [-0.15, -0.1) is 0 Å². The van der Waals surface area contributed by atoms with Crippen molar-refractivity contribution in [3.8, 4) is 0 Å². The molecule has 0 bridgehead atoms. The fourth-order valence-electron chi connectivity index (χ4n) is 2.08. The van der Waals surface area contributed by atoms with E-state index in [0.717, 1.165) is 5.56 Å². The summed E-state index contributed by atoms with van der Waals surface area (Å²) >= 11 is 1.20. The highest BCUT2D eigenvalue weighted by Gasteiger charge is 2.37. The summed E-state index contributed by atoms with van der Waals surface area (Å²) in [5.74, 6) is -0.533. The first-order valence-corrected chi connectivity index (χ1v) is 8.40. The Hall–Kier alpha value is -2.22. The summed E-state index contributed by atoms with van der Waals surface area (Å²) in [6, 6.07) is 7.16. The number of benzene rings is 1. The van der Waals surface area contributed by atoms with Gasteiger partial charge in [0.15, 0.2) is 0 Å². The average Bonchev–Trinajstić information content (AvgIpc) is 2.77. The number of carbonyl (C=O) groups is 3. The fraction of sp³-hybridized carbons (Fsp3) is 0.438. The molecule has 3 N–H and O–H groups in total. The van der Waals surface area contributed by atoms with E-state index in [2.05, 4.69) is 16.0 Å². The third-order valence-corrected chi connectivity index (χ3v) is 4.17. The number of alkyl carbamates (subject to hydrolysis) is 1. The van der Waals surface area contributed by atoms with Gasteiger partial charge in [0.25, 0.3) is 5.91 Å². The zero-order valence-electron chi connectivity index (χ0n) is 14.0. The van der Waals surface area contributed by atoms with Crippen molar-refractivity contribution in [1.82, 2.24) is 10.6 Å². The predicted octanol–water partition coefficient (Wildman–Crippen LogP) is 2.36. The number of carbonyl (C=O) groups excluding carboxylic acids is 3. The molecule has 0 aliphatic carbocycles. The third kappa shape index (κ3) is 5.16. The summed E-state index contributed by atoms with van der Waals surface area (Å²) in [6.07, 6.45) is -0.636. The van der Waals surface area contributed by atoms with Crippen LogP contribution in [-0.4, -0.2) is 28.9 Å². The Bertz CT molecular complexity index is 657. The number of hydrogen-bond acceptors (Lipinski definition) is 5. The molecule has 0 radical (unpaired) electrons. The van der Waals surface area contributed by atoms with Crippen LogP contribution in [0, 0.1) is 0 Å². The molecule has 2 atom stereocenters. The molecular formula is C16H21N3O4S. The maximum absolute atomic E-state index is 12.0. The van der Waals surface area contributed by atoms with Crippen LogP contribution in [0.5, 0.6) is 0 Å². The van der Waals surface area contributed by atoms with Crippen molar-refractivity contribution >= 4 is 35.4 Å². The normalized spacial score (nSPS) is 20.2. The van der Waals surface area contributed by atoms with Crippen LogP contribution in [0.1, 0.15) is 38.6 Å². The second-order valence-corrected chi connectivity index (χ2v) is 7.62. The van der Waals surface area contributed by atoms with E-state index in [4.69, 9.17) is 4.74 Å². The van der Waals surface area contributed by atoms with Crippen LogP contribution >= 0.6 is 11.8 Å². The van der Waals surface area contributed by atoms with Crippen LogP contribution in [0.25, 0.3) is 0 Å². The lowest BCUT2D eigenvalue weighted by atomic mass is 10.1. The molecule has 1 aliphatic heterocycles. The minimum Gasteiger partial charge on any atom is -0.425 e. The minimum absolute atomic E-state index is 0.171. The zero-order valence-corrected chi connectivity index (χ0v) is 14.8. The van der Waals surface area contributed by atoms with Crippen molar-refractivity contribution in [2.75, 3.05) is 5.32 Å². The summed E-state index contributed by atoms with van der Waals surface area (Å²) < 4.78 is 5.18. The van der Waals surface area contributed by atoms with Crippen LogP contribution in [0.4, 0.5) is 10.5 Å². The molecule has 1 aromatic rings. The molecule has 24 heavy (non-hydrogen) atoms. The summed E-state index contributed by atoms with van der Waals surface area (Å²) in [5.41, 5.74) is 0.0940. The van der Waals surface area contributed by atoms with E-state index in [-0.39, 0.29) is 17.2 Å². The van der Waals surface area contributed by atoms with Gasteiger partial charge in [0.05, 0.1) is 0 Å². The van der Waals surface area contributed by atoms with Crippen LogP contribution in [-0.2, 0) is 14.3 Å². The van der Waals surface area contributed by atoms with Gasteiger partial charge in [0.2, 0.25) is 11.3 Å². The Morgan fingerprint density at radius 3 is 2.62 bits per heavy atom. The monoisotopic (exact) mass is 351 g/mol. The molecule has 130 valence electrons. The van der Waals surface area contributed by atoms with E-state index < -0.39 is 17.1 Å². The van der Waals surface area contributed by atoms with Gasteiger partial charge in [-0.25, -0.2) is 4.79 Å². The van der Waals surface area contributed by atoms with Crippen molar-refractivity contribution in [2.24, 2.45) is 0 Å². The minimum atomic E-state index is -0.915. The molecule has 3 amide bonds. The fourth-order valence-corrected chi connectivity index (χ4v) is 3.15. The molecular weight excluding hydrogens is 330 g/mol. The van der Waals surface area contributed by atoms with Gasteiger partial charge in [-0.1, -0.05) is 23.9 Å². The summed E-state index contributed by atoms with van der Waals surface area (Å²) in [5, 5.41) is 7.77. The van der Waals surface area contributed by atoms with Gasteiger partial charge in [-0.05, 0) is 38.5 Å². The first-order chi connectivity index (χ1) is 11.1. The molecule has 1 heterocycles. The van der Waals surface area contributed by atoms with E-state index in [1.807, 2.05) is 26.8 Å². The number of anilines is 1. The Morgan fingerprint density at radius 1 is 1.29 bits per heavy atom. The van der Waals surface area contributed by atoms with Crippen molar-refractivity contribution < 1.29 is 19.1 Å². The van der Waals surface area contributed by atoms with Crippen molar-refractivity contribution in [3.63, 3.8) is 0 Å². The summed E-state index contributed by atoms with van der Waals surface area (Å²) in [6.45, 7) is 6.90. The first-order valence-electron chi connectivity index (χ1n) is 7.46. The highest BCUT2D eigenvalue weighted by atomic mass is 32.2. The smallest absolute Gasteiger partial charge is 0.409 e. The number of thioether (sulfide) groups is 1. The average molecular weight is 351 g/mol. The highest BCUT2D eigenvalue weighted by molar-refractivity contribution is 8.01. The molecule has 8 heteroatoms. The van der Waals surface area contributed by atoms with Gasteiger partial charge in [-0.3, -0.25) is 9.59 Å². The second-order valence-electron chi connectivity index (χ2n) is 6.44. The largest absolute Gasteiger partial charge is 0.425 e. The van der Waals surface area contributed by atoms with Gasteiger partial charge in [0, 0.05) is 18.2 Å². The zero-order chi connectivity index (χ0) is 17.9. The number of rotatable bonds is 3. The molecule has 1 saturated heterocycles. The van der Waals surface area contributed by atoms with Crippen molar-refractivity contribution in [1.29, 1.82) is 0 Å². The highest BCUT2D eigenvalue weighted by Crippen LogP contribution is 2.37. The van der Waals surface area contributed by atoms with Crippen LogP contribution in [0.3, 0.4) is 0 Å². The molecule has 0 aromatic heterocycles. The number of hydrogen-bond donors (Lipinski definition) is 3. The molecule has 7 nitrogen and oxygen atoms in total. The number of nitrogens with one attached hydrogen (secondary N) is 3. The van der Waals surface area contributed by atoms with Crippen LogP contribution in [0.2, 0.25) is 0 Å². The van der Waals surface area contributed by atoms with Gasteiger partial charge < -0.3 is 20.7 Å². The number of amides is 3. The predicted molar refractivity (Wildman–Crippen MR) is 92.4 cm³/mol. The maximum atomic E-state index is 12.0. The van der Waals surface area contributed by atoms with E-state index in [0.29, 0.717) is 5.69 Å². The Labute approximate surface area is 144 Å². The molecule has 0 saturated carbocycles. The summed E-state index contributed by atoms with van der Waals surface area (Å²) in [7, 11) is 0. The quantitative estimate of drug-likeness (QED) is 0.777. The van der Waals surface area contributed by atoms with E-state index >= 15 is 0 Å². The van der Waals surface area contributed by atoms with Crippen molar-refractivity contribution in [2.45, 2.75) is 44.0 Å². The SMILES string of the molecule is CC(=O)Nc1cccc(C2NC(=O)C(OC(=O)NC(C)(C)C)S2)c1. The summed E-state index contributed by atoms with van der Waals surface area (Å²) in [4.78, 5) is 35.0. The molecule has 2 unspecified atom stereocenters. The van der Waals surface area contributed by atoms with Crippen molar-refractivity contribution in [3.05, 3.63) is 29.8 Å². The van der Waals surface area contributed by atoms with Crippen LogP contribution in [0.15, 0.2) is 24.3 Å². The molecule has 1 aromatic carbocycles. The van der Waals surface area contributed by atoms with E-state index in [9.17, 15) is 14.4 Å². The van der Waals surface area contributed by atoms with Gasteiger partial charge >= 0.3 is 6.09 Å². The molecule has 1 fully saturated rings. The Kier molecular flexibility index (Phi) is 5.38. The lowest BCUT2D eigenvalue weighted by Crippen LogP contribution is -2.43. The van der Waals surface area contributed by atoms with Gasteiger partial charge in [0.1, 0.15) is 5.37 Å². The topological polar surface area (TPSA) is 96.5 Å². The standard InChI is InChI=1S/C16H21N3O4S/c1-9(20)17-11-7-5-6-10(8-11)13-18-12(21)14(24-13)23-15(22)19-16(2,3)4/h5-8,13-14H,1-4H3,(H,17,20)(H,18,21)(H,19,22). The van der Waals surface area contributed by atoms with E-state index in [1.54, 1.807) is 18.2 Å². The Morgan fingerprint density at radius 2 is 2.00 bits per heavy atom. The lowest BCUT2D eigenvalue weighted by Gasteiger charge is -2.21. The van der Waals surface area contributed by atoms with Crippen LogP contribution < -0.4 is 16.0 Å². The maximum Gasteiger partial charge on any atom is 0.409 e. The van der Waals surface area contributed by atoms with Gasteiger partial charge in [-0.2, -0.15) is 0 Å². The van der Waals surface area contributed by atoms with E-state index in [1.165, 1.54) is 18.7 Å². The second kappa shape index (κ2) is 7.12. The molecule has 0 spiro atoms.